The molecule has 1 unspecified atom stereocenters. The lowest BCUT2D eigenvalue weighted by molar-refractivity contribution is 0.394. The molecule has 2 aromatic rings. The van der Waals surface area contributed by atoms with Gasteiger partial charge in [-0.1, -0.05) is 6.42 Å². The van der Waals surface area contributed by atoms with Crippen molar-refractivity contribution in [2.75, 3.05) is 6.54 Å². The summed E-state index contributed by atoms with van der Waals surface area (Å²) in [5, 5.41) is 7.91. The zero-order valence-electron chi connectivity index (χ0n) is 9.13. The van der Waals surface area contributed by atoms with E-state index in [4.69, 9.17) is 0 Å². The molecule has 5 nitrogen and oxygen atoms in total. The molecule has 1 aliphatic rings. The second kappa shape index (κ2) is 4.17. The monoisotopic (exact) mass is 217 g/mol. The first kappa shape index (κ1) is 9.72. The Balaban J connectivity index is 1.78. The lowest BCUT2D eigenvalue weighted by atomic mass is 10.0. The van der Waals surface area contributed by atoms with Gasteiger partial charge in [-0.25, -0.2) is 9.50 Å². The minimum atomic E-state index is 0.533. The summed E-state index contributed by atoms with van der Waals surface area (Å²) in [6.07, 6.45) is 8.35. The van der Waals surface area contributed by atoms with E-state index >= 15 is 0 Å². The number of nitrogens with one attached hydrogen (secondary N) is 1. The van der Waals surface area contributed by atoms with E-state index in [2.05, 4.69) is 20.4 Å². The van der Waals surface area contributed by atoms with Crippen molar-refractivity contribution in [2.24, 2.45) is 0 Å². The first-order valence-corrected chi connectivity index (χ1v) is 5.81. The minimum Gasteiger partial charge on any atom is -0.314 e. The number of fused-ring (bicyclic) bond motifs is 1. The van der Waals surface area contributed by atoms with Gasteiger partial charge in [-0.15, -0.1) is 5.10 Å². The molecule has 0 spiro atoms. The Labute approximate surface area is 93.9 Å². The largest absolute Gasteiger partial charge is 0.314 e. The maximum absolute atomic E-state index is 4.41. The van der Waals surface area contributed by atoms with Crippen molar-refractivity contribution in [1.29, 1.82) is 0 Å². The van der Waals surface area contributed by atoms with Gasteiger partial charge in [0.2, 0.25) is 0 Å². The van der Waals surface area contributed by atoms with E-state index in [0.717, 1.165) is 18.8 Å². The topological polar surface area (TPSA) is 55.1 Å². The Morgan fingerprint density at radius 1 is 1.44 bits per heavy atom. The van der Waals surface area contributed by atoms with Gasteiger partial charge in [-0.05, 0) is 25.5 Å². The number of nitrogens with zero attached hydrogens (tertiary/aromatic N) is 4. The van der Waals surface area contributed by atoms with Crippen LogP contribution in [0.2, 0.25) is 0 Å². The average molecular weight is 217 g/mol. The van der Waals surface area contributed by atoms with Crippen LogP contribution in [0.4, 0.5) is 0 Å². The van der Waals surface area contributed by atoms with Crippen molar-refractivity contribution in [3.8, 4) is 0 Å². The van der Waals surface area contributed by atoms with E-state index in [1.807, 2.05) is 12.3 Å². The fourth-order valence-corrected chi connectivity index (χ4v) is 2.18. The van der Waals surface area contributed by atoms with Gasteiger partial charge in [-0.3, -0.25) is 0 Å². The number of hydrogen-bond donors (Lipinski definition) is 1. The molecule has 3 rings (SSSR count). The molecule has 1 aliphatic heterocycles. The number of aromatic nitrogens is 4. The predicted molar refractivity (Wildman–Crippen MR) is 60.1 cm³/mol. The molecule has 1 saturated heterocycles. The second-order valence-electron chi connectivity index (χ2n) is 4.24. The van der Waals surface area contributed by atoms with Crippen LogP contribution in [0.15, 0.2) is 18.5 Å². The molecule has 3 heterocycles. The highest BCUT2D eigenvalue weighted by molar-refractivity contribution is 5.25. The molecule has 0 bridgehead atoms. The molecule has 1 fully saturated rings. The summed E-state index contributed by atoms with van der Waals surface area (Å²) < 4.78 is 1.73. The van der Waals surface area contributed by atoms with Crippen LogP contribution in [0.3, 0.4) is 0 Å². The van der Waals surface area contributed by atoms with Crippen LogP contribution < -0.4 is 5.32 Å². The summed E-state index contributed by atoms with van der Waals surface area (Å²) in [5.41, 5.74) is 0. The van der Waals surface area contributed by atoms with Crippen LogP contribution in [0.25, 0.3) is 5.78 Å². The van der Waals surface area contributed by atoms with Gasteiger partial charge >= 0.3 is 0 Å². The second-order valence-corrected chi connectivity index (χ2v) is 4.24. The van der Waals surface area contributed by atoms with Crippen LogP contribution >= 0.6 is 0 Å². The Kier molecular flexibility index (Phi) is 2.53. The summed E-state index contributed by atoms with van der Waals surface area (Å²) in [6.45, 7) is 1.12. The molecule has 0 aliphatic carbocycles. The Morgan fingerprint density at radius 2 is 2.44 bits per heavy atom. The van der Waals surface area contributed by atoms with Gasteiger partial charge in [0.15, 0.2) is 5.82 Å². The molecule has 1 atom stereocenters. The molecule has 0 radical (unpaired) electrons. The van der Waals surface area contributed by atoms with Crippen LogP contribution in [0.5, 0.6) is 0 Å². The van der Waals surface area contributed by atoms with E-state index in [0.29, 0.717) is 11.8 Å². The number of piperidine rings is 1. The maximum atomic E-state index is 4.41. The zero-order chi connectivity index (χ0) is 10.8. The average Bonchev–Trinajstić information content (AvgIpc) is 2.72. The van der Waals surface area contributed by atoms with Crippen molar-refractivity contribution in [3.63, 3.8) is 0 Å². The molecular weight excluding hydrogens is 202 g/mol. The van der Waals surface area contributed by atoms with E-state index in [-0.39, 0.29) is 0 Å². The van der Waals surface area contributed by atoms with Crippen LogP contribution in [0.1, 0.15) is 25.1 Å². The third kappa shape index (κ3) is 1.90. The molecule has 0 saturated carbocycles. The van der Waals surface area contributed by atoms with Crippen LogP contribution in [-0.2, 0) is 6.42 Å². The molecule has 16 heavy (non-hydrogen) atoms. The van der Waals surface area contributed by atoms with E-state index in [1.165, 1.54) is 19.3 Å². The Hall–Kier alpha value is -1.49. The molecule has 5 heteroatoms. The summed E-state index contributed by atoms with van der Waals surface area (Å²) in [6, 6.07) is 2.40. The molecule has 0 amide bonds. The quantitative estimate of drug-likeness (QED) is 0.808. The highest BCUT2D eigenvalue weighted by Crippen LogP contribution is 2.10. The SMILES string of the molecule is c1cnc2nc(CC3CCCCN3)nn2c1. The third-order valence-corrected chi connectivity index (χ3v) is 3.00. The molecule has 1 N–H and O–H groups in total. The summed E-state index contributed by atoms with van der Waals surface area (Å²) in [5.74, 6) is 1.58. The molecule has 0 aromatic carbocycles. The van der Waals surface area contributed by atoms with E-state index < -0.39 is 0 Å². The van der Waals surface area contributed by atoms with Gasteiger partial charge < -0.3 is 5.32 Å². The normalized spacial score (nSPS) is 21.4. The minimum absolute atomic E-state index is 0.533. The standard InChI is InChI=1S/C11H15N5/c1-2-5-12-9(4-1)8-10-14-11-13-6-3-7-16(11)15-10/h3,6-7,9,12H,1-2,4-5,8H2. The first-order valence-electron chi connectivity index (χ1n) is 5.81. The molecule has 84 valence electrons. The zero-order valence-corrected chi connectivity index (χ0v) is 9.13. The van der Waals surface area contributed by atoms with Gasteiger partial charge in [0.05, 0.1) is 0 Å². The summed E-state index contributed by atoms with van der Waals surface area (Å²) >= 11 is 0. The highest BCUT2D eigenvalue weighted by Gasteiger charge is 2.15. The maximum Gasteiger partial charge on any atom is 0.252 e. The molecule has 2 aromatic heterocycles. The van der Waals surface area contributed by atoms with E-state index in [9.17, 15) is 0 Å². The lowest BCUT2D eigenvalue weighted by Crippen LogP contribution is -2.35. The van der Waals surface area contributed by atoms with Gasteiger partial charge in [-0.2, -0.15) is 4.98 Å². The molecular formula is C11H15N5. The first-order chi connectivity index (χ1) is 7.92. The number of rotatable bonds is 2. The van der Waals surface area contributed by atoms with Crippen molar-refractivity contribution in [2.45, 2.75) is 31.7 Å². The highest BCUT2D eigenvalue weighted by atomic mass is 15.3. The smallest absolute Gasteiger partial charge is 0.252 e. The van der Waals surface area contributed by atoms with Crippen molar-refractivity contribution >= 4 is 5.78 Å². The third-order valence-electron chi connectivity index (χ3n) is 3.00. The fourth-order valence-electron chi connectivity index (χ4n) is 2.18. The Bertz CT molecular complexity index is 439. The van der Waals surface area contributed by atoms with E-state index in [1.54, 1.807) is 10.7 Å². The predicted octanol–water partition coefficient (Wildman–Crippen LogP) is 0.809. The number of hydrogen-bond acceptors (Lipinski definition) is 4. The lowest BCUT2D eigenvalue weighted by Gasteiger charge is -2.21. The summed E-state index contributed by atoms with van der Waals surface area (Å²) in [4.78, 5) is 8.57. The van der Waals surface area contributed by atoms with Crippen molar-refractivity contribution < 1.29 is 0 Å². The fraction of sp³-hybridized carbons (Fsp3) is 0.545. The van der Waals surface area contributed by atoms with Crippen LogP contribution in [-0.4, -0.2) is 32.2 Å². The summed E-state index contributed by atoms with van der Waals surface area (Å²) in [7, 11) is 0. The van der Waals surface area contributed by atoms with Crippen LogP contribution in [0, 0.1) is 0 Å². The van der Waals surface area contributed by atoms with Crippen molar-refractivity contribution in [1.82, 2.24) is 24.9 Å². The van der Waals surface area contributed by atoms with Crippen molar-refractivity contribution in [3.05, 3.63) is 24.3 Å². The van der Waals surface area contributed by atoms with Gasteiger partial charge in [0.25, 0.3) is 5.78 Å². The van der Waals surface area contributed by atoms with Gasteiger partial charge in [0.1, 0.15) is 0 Å². The van der Waals surface area contributed by atoms with Gasteiger partial charge in [0, 0.05) is 24.9 Å². The Morgan fingerprint density at radius 3 is 3.25 bits per heavy atom.